The van der Waals surface area contributed by atoms with Crippen LogP contribution in [-0.2, 0) is 40.5 Å². The highest BCUT2D eigenvalue weighted by Crippen LogP contribution is 2.27. The van der Waals surface area contributed by atoms with Crippen molar-refractivity contribution in [1.29, 1.82) is 0 Å². The maximum Gasteiger partial charge on any atom is 0.338 e. The van der Waals surface area contributed by atoms with E-state index in [0.717, 1.165) is 98.3 Å². The summed E-state index contributed by atoms with van der Waals surface area (Å²) in [6.07, 6.45) is 13.7. The number of nitrogens with zero attached hydrogens (tertiary/aromatic N) is 5. The first-order chi connectivity index (χ1) is 23.1. The Morgan fingerprint density at radius 2 is 1.96 bits per heavy atom. The summed E-state index contributed by atoms with van der Waals surface area (Å²) in [5.74, 6) is 1.75. The number of aryl methyl sites for hydroxylation is 1. The number of carbonyl (C=O) groups excluding carboxylic acids is 1. The molecule has 2 atom stereocenters. The van der Waals surface area contributed by atoms with Crippen LogP contribution in [0, 0.1) is 5.92 Å². The highest BCUT2D eigenvalue weighted by atomic mass is 16.6. The topological polar surface area (TPSA) is 110 Å². The number of likely N-dealkylation sites (tertiary alicyclic amines) is 1. The van der Waals surface area contributed by atoms with Gasteiger partial charge in [-0.05, 0) is 121 Å². The summed E-state index contributed by atoms with van der Waals surface area (Å²) in [5, 5.41) is 5.52. The molecule has 0 saturated carbocycles. The third-order valence-corrected chi connectivity index (χ3v) is 9.22. The summed E-state index contributed by atoms with van der Waals surface area (Å²) in [6.45, 7) is 13.4. The number of ether oxygens (including phenoxy) is 3. The van der Waals surface area contributed by atoms with Crippen LogP contribution in [0.25, 0.3) is 21.9 Å². The zero-order valence-corrected chi connectivity index (χ0v) is 28.9. The van der Waals surface area contributed by atoms with Gasteiger partial charge in [0, 0.05) is 18.5 Å². The SMILES string of the molecule is CCn1ncc2cc(CO/C(N)=C/C=C\CC3CCCN(Cc4nc5ccc(C(=O)OC(C)(C)C)cc5n4CC4CCO4)CC3)ccc21. The number of hydrogen-bond acceptors (Lipinski definition) is 8. The fourth-order valence-electron chi connectivity index (χ4n) is 6.54. The molecule has 2 N–H and O–H groups in total. The lowest BCUT2D eigenvalue weighted by Gasteiger charge is -2.28. The number of allylic oxidation sites excluding steroid dienone is 3. The van der Waals surface area contributed by atoms with E-state index in [4.69, 9.17) is 24.9 Å². The molecule has 2 aromatic heterocycles. The van der Waals surface area contributed by atoms with Gasteiger partial charge in [-0.15, -0.1) is 0 Å². The van der Waals surface area contributed by atoms with Crippen molar-refractivity contribution < 1.29 is 19.0 Å². The van der Waals surface area contributed by atoms with Gasteiger partial charge in [-0.2, -0.15) is 5.10 Å². The van der Waals surface area contributed by atoms with Crippen LogP contribution >= 0.6 is 0 Å². The zero-order valence-electron chi connectivity index (χ0n) is 28.9. The van der Waals surface area contributed by atoms with Crippen LogP contribution in [0.1, 0.15) is 81.5 Å². The van der Waals surface area contributed by atoms with Crippen molar-refractivity contribution in [3.63, 3.8) is 0 Å². The van der Waals surface area contributed by atoms with Crippen LogP contribution < -0.4 is 5.73 Å². The summed E-state index contributed by atoms with van der Waals surface area (Å²) in [4.78, 5) is 20.4. The second-order valence-corrected chi connectivity index (χ2v) is 14.1. The predicted molar refractivity (Wildman–Crippen MR) is 188 cm³/mol. The van der Waals surface area contributed by atoms with Crippen molar-refractivity contribution in [2.24, 2.45) is 11.7 Å². The van der Waals surface area contributed by atoms with Crippen LogP contribution in [0.15, 0.2) is 66.7 Å². The number of carbonyl (C=O) groups is 1. The lowest BCUT2D eigenvalue weighted by Crippen LogP contribution is -2.33. The molecule has 0 bridgehead atoms. The van der Waals surface area contributed by atoms with Gasteiger partial charge < -0.3 is 24.5 Å². The molecule has 0 aliphatic carbocycles. The van der Waals surface area contributed by atoms with Crippen LogP contribution in [0.4, 0.5) is 0 Å². The van der Waals surface area contributed by atoms with Crippen molar-refractivity contribution in [3.8, 4) is 0 Å². The number of esters is 1. The van der Waals surface area contributed by atoms with E-state index in [2.05, 4.69) is 45.8 Å². The average molecular weight is 655 g/mol. The maximum absolute atomic E-state index is 12.8. The molecule has 2 aromatic carbocycles. The van der Waals surface area contributed by atoms with Gasteiger partial charge in [-0.3, -0.25) is 9.58 Å². The molecule has 10 nitrogen and oxygen atoms in total. The van der Waals surface area contributed by atoms with E-state index < -0.39 is 5.60 Å². The molecular formula is C38H50N6O4. The molecule has 4 aromatic rings. The van der Waals surface area contributed by atoms with E-state index in [0.29, 0.717) is 24.0 Å². The third-order valence-electron chi connectivity index (χ3n) is 9.22. The van der Waals surface area contributed by atoms with Crippen molar-refractivity contribution >= 4 is 27.9 Å². The van der Waals surface area contributed by atoms with E-state index >= 15 is 0 Å². The van der Waals surface area contributed by atoms with Gasteiger partial charge in [0.15, 0.2) is 5.88 Å². The van der Waals surface area contributed by atoms with E-state index in [1.165, 1.54) is 6.42 Å². The number of nitrogens with two attached hydrogens (primary N) is 1. The molecule has 2 fully saturated rings. The van der Waals surface area contributed by atoms with Crippen molar-refractivity contribution in [2.45, 2.75) is 97.7 Å². The van der Waals surface area contributed by atoms with Crippen LogP contribution in [-0.4, -0.2) is 61.6 Å². The van der Waals surface area contributed by atoms with Gasteiger partial charge in [0.1, 0.15) is 18.0 Å². The summed E-state index contributed by atoms with van der Waals surface area (Å²) in [5.41, 5.74) is 10.2. The van der Waals surface area contributed by atoms with Crippen molar-refractivity contribution in [3.05, 3.63) is 83.7 Å². The quantitative estimate of drug-likeness (QED) is 0.102. The van der Waals surface area contributed by atoms with Gasteiger partial charge in [0.25, 0.3) is 0 Å². The number of imidazole rings is 1. The Kier molecular flexibility index (Phi) is 10.5. The zero-order chi connectivity index (χ0) is 33.7. The van der Waals surface area contributed by atoms with Gasteiger partial charge in [-0.25, -0.2) is 9.78 Å². The first-order valence-corrected chi connectivity index (χ1v) is 17.4. The molecule has 2 aliphatic heterocycles. The molecule has 0 spiro atoms. The van der Waals surface area contributed by atoms with Crippen LogP contribution in [0.5, 0.6) is 0 Å². The number of rotatable bonds is 12. The minimum atomic E-state index is -0.549. The average Bonchev–Trinajstić information content (AvgIpc) is 3.52. The Hall–Kier alpha value is -4.15. The Balaban J connectivity index is 1.02. The summed E-state index contributed by atoms with van der Waals surface area (Å²) < 4.78 is 21.5. The number of aromatic nitrogens is 4. The normalized spacial score (nSPS) is 19.5. The molecule has 48 heavy (non-hydrogen) atoms. The number of hydrogen-bond donors (Lipinski definition) is 1. The first-order valence-electron chi connectivity index (χ1n) is 17.4. The van der Waals surface area contributed by atoms with Crippen molar-refractivity contribution in [1.82, 2.24) is 24.2 Å². The standard InChI is InChI=1S/C38H50N6O4/c1-5-44-33-15-12-28(21-30(33)23-40-44)26-47-35(39)11-7-6-9-27-10-8-18-42(19-16-27)25-36-41-32-14-13-29(37(45)48-38(2,3)4)22-34(32)43(36)24-31-17-20-46-31/h6-7,11-15,21-23,27,31H,5,8-10,16-20,24-26,39H2,1-4H3/b7-6-,35-11+. The van der Waals surface area contributed by atoms with Crippen LogP contribution in [0.3, 0.4) is 0 Å². The largest absolute Gasteiger partial charge is 0.475 e. The number of fused-ring (bicyclic) bond motifs is 2. The molecule has 0 radical (unpaired) electrons. The minimum Gasteiger partial charge on any atom is -0.475 e. The van der Waals surface area contributed by atoms with Gasteiger partial charge in [0.2, 0.25) is 0 Å². The number of benzene rings is 2. The Morgan fingerprint density at radius 1 is 1.10 bits per heavy atom. The van der Waals surface area contributed by atoms with Gasteiger partial charge in [-0.1, -0.05) is 18.2 Å². The maximum atomic E-state index is 12.8. The Morgan fingerprint density at radius 3 is 2.73 bits per heavy atom. The summed E-state index contributed by atoms with van der Waals surface area (Å²) >= 11 is 0. The smallest absolute Gasteiger partial charge is 0.338 e. The molecular weight excluding hydrogens is 604 g/mol. The Bertz CT molecular complexity index is 1780. The molecule has 256 valence electrons. The molecule has 2 saturated heterocycles. The fourth-order valence-corrected chi connectivity index (χ4v) is 6.54. The van der Waals surface area contributed by atoms with Gasteiger partial charge >= 0.3 is 5.97 Å². The van der Waals surface area contributed by atoms with Crippen molar-refractivity contribution in [2.75, 3.05) is 19.7 Å². The lowest BCUT2D eigenvalue weighted by atomic mass is 9.97. The predicted octanol–water partition coefficient (Wildman–Crippen LogP) is 6.72. The molecule has 0 amide bonds. The van der Waals surface area contributed by atoms with E-state index in [1.807, 2.05) is 62.0 Å². The highest BCUT2D eigenvalue weighted by molar-refractivity contribution is 5.94. The third kappa shape index (κ3) is 8.46. The molecule has 4 heterocycles. The molecule has 6 rings (SSSR count). The second kappa shape index (κ2) is 15.0. The monoisotopic (exact) mass is 654 g/mol. The molecule has 2 aliphatic rings. The fraction of sp³-hybridized carbons (Fsp3) is 0.500. The highest BCUT2D eigenvalue weighted by Gasteiger charge is 2.25. The summed E-state index contributed by atoms with van der Waals surface area (Å²) in [7, 11) is 0. The second-order valence-electron chi connectivity index (χ2n) is 14.1. The minimum absolute atomic E-state index is 0.182. The van der Waals surface area contributed by atoms with Gasteiger partial charge in [0.05, 0.1) is 47.5 Å². The Labute approximate surface area is 283 Å². The molecule has 10 heteroatoms. The van der Waals surface area contributed by atoms with Crippen LogP contribution in [0.2, 0.25) is 0 Å². The van der Waals surface area contributed by atoms with E-state index in [1.54, 1.807) is 0 Å². The lowest BCUT2D eigenvalue weighted by molar-refractivity contribution is -0.0592. The first kappa shape index (κ1) is 33.7. The summed E-state index contributed by atoms with van der Waals surface area (Å²) in [6, 6.07) is 11.9. The van der Waals surface area contributed by atoms with E-state index in [-0.39, 0.29) is 12.1 Å². The molecule has 2 unspecified atom stereocenters. The van der Waals surface area contributed by atoms with E-state index in [9.17, 15) is 4.79 Å².